The monoisotopic (exact) mass is 387 g/mol. The van der Waals surface area contributed by atoms with Gasteiger partial charge in [0, 0.05) is 25.7 Å². The second kappa shape index (κ2) is 10.5. The summed E-state index contributed by atoms with van der Waals surface area (Å²) in [5.74, 6) is 0.241. The number of carbonyl (C=O) groups is 1. The first-order valence-electron chi connectivity index (χ1n) is 9.49. The van der Waals surface area contributed by atoms with E-state index in [0.717, 1.165) is 31.6 Å². The zero-order valence-electron chi connectivity index (χ0n) is 15.9. The summed E-state index contributed by atoms with van der Waals surface area (Å²) in [7, 11) is 0. The number of nitrogens with one attached hydrogen (secondary N) is 1. The molecule has 3 N–H and O–H groups in total. The Morgan fingerprint density at radius 1 is 1.15 bits per heavy atom. The van der Waals surface area contributed by atoms with E-state index in [-0.39, 0.29) is 30.3 Å². The normalized spacial score (nSPS) is 19.1. The highest BCUT2D eigenvalue weighted by Gasteiger charge is 2.29. The van der Waals surface area contributed by atoms with Gasteiger partial charge in [0.2, 0.25) is 5.91 Å². The molecule has 1 aliphatic heterocycles. The molecule has 1 saturated heterocycles. The number of halogens is 1. The van der Waals surface area contributed by atoms with Gasteiger partial charge in [-0.3, -0.25) is 9.69 Å². The van der Waals surface area contributed by atoms with Crippen molar-refractivity contribution in [3.05, 3.63) is 71.8 Å². The average molecular weight is 388 g/mol. The number of hydrogen-bond acceptors (Lipinski definition) is 3. The maximum absolute atomic E-state index is 12.7. The Morgan fingerprint density at radius 2 is 1.78 bits per heavy atom. The summed E-state index contributed by atoms with van der Waals surface area (Å²) in [6.07, 6.45) is 1.12. The summed E-state index contributed by atoms with van der Waals surface area (Å²) in [5.41, 5.74) is 8.20. The Kier molecular flexibility index (Phi) is 8.29. The molecule has 5 heteroatoms. The standard InChI is InChI=1S/C22H29N3O.ClH/c1-17(24-22(26)21(14-23)19-10-6-3-7-11-19)20-12-13-25(16-20)15-18-8-4-2-5-9-18;/h2-11,17,20-21H,12-16,23H2,1H3,(H,24,26);1H. The summed E-state index contributed by atoms with van der Waals surface area (Å²) in [6, 6.07) is 20.5. The van der Waals surface area contributed by atoms with Crippen LogP contribution in [-0.2, 0) is 11.3 Å². The lowest BCUT2D eigenvalue weighted by atomic mass is 9.96. The SMILES string of the molecule is CC(NC(=O)C(CN)c1ccccc1)C1CCN(Cc2ccccc2)C1.Cl. The van der Waals surface area contributed by atoms with Crippen LogP contribution < -0.4 is 11.1 Å². The molecule has 3 atom stereocenters. The van der Waals surface area contributed by atoms with E-state index >= 15 is 0 Å². The van der Waals surface area contributed by atoms with Crippen LogP contribution in [0.25, 0.3) is 0 Å². The minimum Gasteiger partial charge on any atom is -0.353 e. The van der Waals surface area contributed by atoms with Gasteiger partial charge in [0.05, 0.1) is 5.92 Å². The van der Waals surface area contributed by atoms with Gasteiger partial charge < -0.3 is 11.1 Å². The lowest BCUT2D eigenvalue weighted by Crippen LogP contribution is -2.43. The van der Waals surface area contributed by atoms with Crippen molar-refractivity contribution in [3.63, 3.8) is 0 Å². The third kappa shape index (κ3) is 5.80. The molecule has 1 heterocycles. The molecular weight excluding hydrogens is 358 g/mol. The molecule has 1 fully saturated rings. The molecule has 0 aromatic heterocycles. The van der Waals surface area contributed by atoms with Gasteiger partial charge in [0.25, 0.3) is 0 Å². The van der Waals surface area contributed by atoms with Crippen LogP contribution in [0.1, 0.15) is 30.4 Å². The molecule has 1 amide bonds. The molecule has 0 bridgehead atoms. The van der Waals surface area contributed by atoms with E-state index in [4.69, 9.17) is 5.73 Å². The molecule has 0 aliphatic carbocycles. The lowest BCUT2D eigenvalue weighted by molar-refractivity contribution is -0.123. The first kappa shape index (κ1) is 21.4. The van der Waals surface area contributed by atoms with E-state index in [2.05, 4.69) is 47.5 Å². The van der Waals surface area contributed by atoms with Gasteiger partial charge in [-0.1, -0.05) is 60.7 Å². The van der Waals surface area contributed by atoms with Crippen LogP contribution >= 0.6 is 12.4 Å². The number of rotatable bonds is 7. The number of likely N-dealkylation sites (tertiary alicyclic amines) is 1. The van der Waals surface area contributed by atoms with E-state index in [1.165, 1.54) is 5.56 Å². The predicted octanol–water partition coefficient (Wildman–Crippen LogP) is 3.18. The van der Waals surface area contributed by atoms with Gasteiger partial charge in [0.1, 0.15) is 0 Å². The van der Waals surface area contributed by atoms with Crippen LogP contribution in [0.5, 0.6) is 0 Å². The van der Waals surface area contributed by atoms with Gasteiger partial charge in [0.15, 0.2) is 0 Å². The molecule has 0 radical (unpaired) electrons. The molecule has 27 heavy (non-hydrogen) atoms. The molecule has 0 spiro atoms. The van der Waals surface area contributed by atoms with E-state index in [1.54, 1.807) is 0 Å². The third-order valence-corrected chi connectivity index (χ3v) is 5.39. The molecule has 146 valence electrons. The quantitative estimate of drug-likeness (QED) is 0.767. The van der Waals surface area contributed by atoms with Crippen molar-refractivity contribution in [2.75, 3.05) is 19.6 Å². The third-order valence-electron chi connectivity index (χ3n) is 5.39. The maximum atomic E-state index is 12.7. The highest BCUT2D eigenvalue weighted by Crippen LogP contribution is 2.22. The van der Waals surface area contributed by atoms with Crippen LogP contribution in [0.15, 0.2) is 60.7 Å². The molecule has 2 aromatic carbocycles. The minimum atomic E-state index is -0.277. The summed E-state index contributed by atoms with van der Waals surface area (Å²) >= 11 is 0. The number of hydrogen-bond donors (Lipinski definition) is 2. The second-order valence-electron chi connectivity index (χ2n) is 7.27. The Morgan fingerprint density at radius 3 is 2.41 bits per heavy atom. The topological polar surface area (TPSA) is 58.4 Å². The van der Waals surface area contributed by atoms with Crippen LogP contribution in [-0.4, -0.2) is 36.5 Å². The zero-order chi connectivity index (χ0) is 18.4. The van der Waals surface area contributed by atoms with Crippen molar-refractivity contribution in [1.82, 2.24) is 10.2 Å². The van der Waals surface area contributed by atoms with Crippen molar-refractivity contribution in [1.29, 1.82) is 0 Å². The van der Waals surface area contributed by atoms with Crippen LogP contribution in [0.2, 0.25) is 0 Å². The van der Waals surface area contributed by atoms with E-state index in [0.29, 0.717) is 12.5 Å². The van der Waals surface area contributed by atoms with Crippen LogP contribution in [0.4, 0.5) is 0 Å². The van der Waals surface area contributed by atoms with Gasteiger partial charge in [-0.05, 0) is 36.9 Å². The molecule has 0 saturated carbocycles. The van der Waals surface area contributed by atoms with Crippen molar-refractivity contribution in [2.45, 2.75) is 31.8 Å². The number of benzene rings is 2. The maximum Gasteiger partial charge on any atom is 0.229 e. The van der Waals surface area contributed by atoms with Gasteiger partial charge >= 0.3 is 0 Å². The molecule has 3 rings (SSSR count). The Hall–Kier alpha value is -1.88. The fraction of sp³-hybridized carbons (Fsp3) is 0.409. The van der Waals surface area contributed by atoms with Crippen LogP contribution in [0, 0.1) is 5.92 Å². The summed E-state index contributed by atoms with van der Waals surface area (Å²) < 4.78 is 0. The van der Waals surface area contributed by atoms with E-state index in [9.17, 15) is 4.79 Å². The smallest absolute Gasteiger partial charge is 0.229 e. The first-order chi connectivity index (χ1) is 12.7. The highest BCUT2D eigenvalue weighted by atomic mass is 35.5. The van der Waals surface area contributed by atoms with E-state index < -0.39 is 0 Å². The Bertz CT molecular complexity index is 695. The highest BCUT2D eigenvalue weighted by molar-refractivity contribution is 5.85. The minimum absolute atomic E-state index is 0. The van der Waals surface area contributed by atoms with Crippen molar-refractivity contribution < 1.29 is 4.79 Å². The van der Waals surface area contributed by atoms with Gasteiger partial charge in [-0.25, -0.2) is 0 Å². The summed E-state index contributed by atoms with van der Waals surface area (Å²) in [6.45, 7) is 5.53. The fourth-order valence-electron chi connectivity index (χ4n) is 3.78. The summed E-state index contributed by atoms with van der Waals surface area (Å²) in [5, 5.41) is 3.21. The van der Waals surface area contributed by atoms with Crippen LogP contribution in [0.3, 0.4) is 0 Å². The number of amides is 1. The number of nitrogens with zero attached hydrogens (tertiary/aromatic N) is 1. The molecule has 3 unspecified atom stereocenters. The Balaban J connectivity index is 0.00000261. The fourth-order valence-corrected chi connectivity index (χ4v) is 3.78. The van der Waals surface area contributed by atoms with Gasteiger partial charge in [-0.15, -0.1) is 12.4 Å². The van der Waals surface area contributed by atoms with Crippen molar-refractivity contribution in [3.8, 4) is 0 Å². The Labute approximate surface area is 168 Å². The molecule has 4 nitrogen and oxygen atoms in total. The molecule has 1 aliphatic rings. The van der Waals surface area contributed by atoms with E-state index in [1.807, 2.05) is 30.3 Å². The zero-order valence-corrected chi connectivity index (χ0v) is 16.7. The van der Waals surface area contributed by atoms with Crippen molar-refractivity contribution in [2.24, 2.45) is 11.7 Å². The lowest BCUT2D eigenvalue weighted by Gasteiger charge is -2.24. The van der Waals surface area contributed by atoms with Gasteiger partial charge in [-0.2, -0.15) is 0 Å². The number of nitrogens with two attached hydrogens (primary N) is 1. The number of carbonyl (C=O) groups excluding carboxylic acids is 1. The second-order valence-corrected chi connectivity index (χ2v) is 7.27. The molecule has 2 aromatic rings. The largest absolute Gasteiger partial charge is 0.353 e. The molecular formula is C22H30ClN3O. The van der Waals surface area contributed by atoms with Crippen molar-refractivity contribution >= 4 is 18.3 Å². The summed E-state index contributed by atoms with van der Waals surface area (Å²) in [4.78, 5) is 15.2. The predicted molar refractivity (Wildman–Crippen MR) is 113 cm³/mol. The first-order valence-corrected chi connectivity index (χ1v) is 9.49. The average Bonchev–Trinajstić information content (AvgIpc) is 3.13.